The molecule has 18 heavy (non-hydrogen) atoms. The van der Waals surface area contributed by atoms with Gasteiger partial charge in [0.15, 0.2) is 6.61 Å². The third kappa shape index (κ3) is 2.61. The van der Waals surface area contributed by atoms with E-state index in [1.807, 2.05) is 0 Å². The van der Waals surface area contributed by atoms with Gasteiger partial charge in [-0.1, -0.05) is 11.6 Å². The lowest BCUT2D eigenvalue weighted by atomic mass is 10.1. The Balaban J connectivity index is 2.04. The molecular formula is C13H15NO4. The number of ether oxygens (including phenoxy) is 1. The third-order valence-electron chi connectivity index (χ3n) is 2.93. The molecule has 0 aromatic heterocycles. The number of carbonyl (C=O) groups is 2. The fraction of sp³-hybridized carbons (Fsp3) is 0.385. The topological polar surface area (TPSA) is 66.8 Å². The Morgan fingerprint density at radius 1 is 1.39 bits per heavy atom. The summed E-state index contributed by atoms with van der Waals surface area (Å²) in [4.78, 5) is 24.3. The van der Waals surface area contributed by atoms with Crippen LogP contribution in [-0.2, 0) is 4.79 Å². The number of carbonyl (C=O) groups excluding carboxylic acids is 1. The molecule has 0 saturated carbocycles. The monoisotopic (exact) mass is 249 g/mol. The van der Waals surface area contributed by atoms with Crippen LogP contribution in [0, 0.1) is 6.92 Å². The van der Waals surface area contributed by atoms with Gasteiger partial charge in [0.2, 0.25) is 0 Å². The summed E-state index contributed by atoms with van der Waals surface area (Å²) in [5, 5.41) is 9.05. The van der Waals surface area contributed by atoms with Crippen LogP contribution in [0.15, 0.2) is 18.2 Å². The summed E-state index contributed by atoms with van der Waals surface area (Å²) in [6.07, 6.45) is 1.02. The van der Waals surface area contributed by atoms with Crippen LogP contribution in [-0.4, -0.2) is 41.6 Å². The quantitative estimate of drug-likeness (QED) is 0.873. The Morgan fingerprint density at radius 3 is 2.67 bits per heavy atom. The number of carboxylic acids is 1. The average Bonchev–Trinajstić information content (AvgIpc) is 2.24. The fourth-order valence-electron chi connectivity index (χ4n) is 1.73. The van der Waals surface area contributed by atoms with Crippen LogP contribution < -0.4 is 4.74 Å². The highest BCUT2D eigenvalue weighted by Crippen LogP contribution is 2.20. The predicted molar refractivity (Wildman–Crippen MR) is 64.8 cm³/mol. The van der Waals surface area contributed by atoms with Gasteiger partial charge in [-0.25, -0.2) is 4.79 Å². The summed E-state index contributed by atoms with van der Waals surface area (Å²) < 4.78 is 5.30. The largest absolute Gasteiger partial charge is 0.483 e. The summed E-state index contributed by atoms with van der Waals surface area (Å²) in [6, 6.07) is 4.88. The van der Waals surface area contributed by atoms with E-state index in [4.69, 9.17) is 9.84 Å². The zero-order chi connectivity index (χ0) is 13.1. The zero-order valence-corrected chi connectivity index (χ0v) is 10.2. The van der Waals surface area contributed by atoms with Crippen LogP contribution in [0.5, 0.6) is 5.75 Å². The molecule has 1 fully saturated rings. The fourth-order valence-corrected chi connectivity index (χ4v) is 1.73. The van der Waals surface area contributed by atoms with Gasteiger partial charge in [-0.05, 0) is 25.5 Å². The van der Waals surface area contributed by atoms with Crippen LogP contribution >= 0.6 is 0 Å². The number of amides is 1. The van der Waals surface area contributed by atoms with E-state index >= 15 is 0 Å². The van der Waals surface area contributed by atoms with Gasteiger partial charge in [0.1, 0.15) is 11.3 Å². The first-order valence-corrected chi connectivity index (χ1v) is 5.82. The van der Waals surface area contributed by atoms with Crippen molar-refractivity contribution in [3.05, 3.63) is 29.3 Å². The van der Waals surface area contributed by atoms with Crippen LogP contribution in [0.2, 0.25) is 0 Å². The van der Waals surface area contributed by atoms with E-state index < -0.39 is 5.97 Å². The van der Waals surface area contributed by atoms with Crippen molar-refractivity contribution in [2.75, 3.05) is 19.7 Å². The summed E-state index contributed by atoms with van der Waals surface area (Å²) in [5.74, 6) is -0.912. The molecule has 1 N–H and O–H groups in total. The van der Waals surface area contributed by atoms with Crippen molar-refractivity contribution in [1.82, 2.24) is 4.90 Å². The van der Waals surface area contributed by atoms with Crippen LogP contribution in [0.25, 0.3) is 0 Å². The number of carboxylic acid groups (broad SMARTS) is 1. The molecule has 1 aliphatic heterocycles. The molecule has 0 aliphatic carbocycles. The summed E-state index contributed by atoms with van der Waals surface area (Å²) >= 11 is 0. The van der Waals surface area contributed by atoms with Gasteiger partial charge in [-0.3, -0.25) is 4.79 Å². The lowest BCUT2D eigenvalue weighted by molar-refractivity contribution is -0.136. The highest BCUT2D eigenvalue weighted by Gasteiger charge is 2.21. The molecule has 0 radical (unpaired) electrons. The molecule has 0 unspecified atom stereocenters. The first-order chi connectivity index (χ1) is 8.58. The maximum atomic E-state index is 11.6. The Morgan fingerprint density at radius 2 is 2.11 bits per heavy atom. The summed E-state index contributed by atoms with van der Waals surface area (Å²) in [5.41, 5.74) is 0.931. The summed E-state index contributed by atoms with van der Waals surface area (Å²) in [6.45, 7) is 3.23. The third-order valence-corrected chi connectivity index (χ3v) is 2.93. The van der Waals surface area contributed by atoms with E-state index in [1.165, 1.54) is 6.07 Å². The van der Waals surface area contributed by atoms with Crippen molar-refractivity contribution >= 4 is 11.9 Å². The number of hydrogen-bond donors (Lipinski definition) is 1. The van der Waals surface area contributed by atoms with Gasteiger partial charge in [-0.2, -0.15) is 0 Å². The maximum Gasteiger partial charge on any atom is 0.339 e. The minimum atomic E-state index is -1.05. The molecule has 5 heteroatoms. The normalized spacial score (nSPS) is 13.9. The van der Waals surface area contributed by atoms with E-state index in [0.717, 1.165) is 25.1 Å². The standard InChI is InChI=1S/C13H15NO4/c1-9-3-4-11(10(7-9)13(16)17)18-8-12(15)14-5-2-6-14/h3-4,7H,2,5-6,8H2,1H3,(H,16,17). The molecule has 96 valence electrons. The van der Waals surface area contributed by atoms with Crippen molar-refractivity contribution in [3.8, 4) is 5.75 Å². The lowest BCUT2D eigenvalue weighted by Crippen LogP contribution is -2.44. The first kappa shape index (κ1) is 12.4. The smallest absolute Gasteiger partial charge is 0.339 e. The van der Waals surface area contributed by atoms with E-state index in [2.05, 4.69) is 0 Å². The molecule has 1 aromatic carbocycles. The average molecular weight is 249 g/mol. The van der Waals surface area contributed by atoms with Gasteiger partial charge in [0.25, 0.3) is 5.91 Å². The van der Waals surface area contributed by atoms with E-state index in [9.17, 15) is 9.59 Å². The highest BCUT2D eigenvalue weighted by molar-refractivity contribution is 5.91. The number of nitrogens with zero attached hydrogens (tertiary/aromatic N) is 1. The minimum absolute atomic E-state index is 0.0893. The Labute approximate surface area is 105 Å². The molecule has 5 nitrogen and oxygen atoms in total. The van der Waals surface area contributed by atoms with Crippen LogP contribution in [0.4, 0.5) is 0 Å². The van der Waals surface area contributed by atoms with Gasteiger partial charge in [-0.15, -0.1) is 0 Å². The molecule has 2 rings (SSSR count). The Hall–Kier alpha value is -2.04. The molecule has 1 heterocycles. The number of aryl methyl sites for hydroxylation is 1. The van der Waals surface area contributed by atoms with Crippen molar-refractivity contribution < 1.29 is 19.4 Å². The predicted octanol–water partition coefficient (Wildman–Crippen LogP) is 1.30. The molecule has 1 amide bonds. The molecule has 0 atom stereocenters. The van der Waals surface area contributed by atoms with Gasteiger partial charge in [0, 0.05) is 13.1 Å². The molecule has 1 aromatic rings. The van der Waals surface area contributed by atoms with Gasteiger partial charge in [0.05, 0.1) is 0 Å². The summed E-state index contributed by atoms with van der Waals surface area (Å²) in [7, 11) is 0. The second-order valence-electron chi connectivity index (χ2n) is 4.33. The minimum Gasteiger partial charge on any atom is -0.483 e. The maximum absolute atomic E-state index is 11.6. The van der Waals surface area contributed by atoms with Crippen LogP contribution in [0.1, 0.15) is 22.3 Å². The highest BCUT2D eigenvalue weighted by atomic mass is 16.5. The molecule has 1 saturated heterocycles. The Kier molecular flexibility index (Phi) is 3.50. The number of benzene rings is 1. The Bertz CT molecular complexity index is 480. The van der Waals surface area contributed by atoms with E-state index in [0.29, 0.717) is 0 Å². The molecule has 0 spiro atoms. The van der Waals surface area contributed by atoms with Crippen LogP contribution in [0.3, 0.4) is 0 Å². The molecule has 1 aliphatic rings. The van der Waals surface area contributed by atoms with Gasteiger partial charge >= 0.3 is 5.97 Å². The van der Waals surface area contributed by atoms with E-state index in [-0.39, 0.29) is 23.8 Å². The van der Waals surface area contributed by atoms with Crippen molar-refractivity contribution in [1.29, 1.82) is 0 Å². The van der Waals surface area contributed by atoms with E-state index in [1.54, 1.807) is 24.0 Å². The van der Waals surface area contributed by atoms with Crippen molar-refractivity contribution in [3.63, 3.8) is 0 Å². The first-order valence-electron chi connectivity index (χ1n) is 5.82. The molecular weight excluding hydrogens is 234 g/mol. The van der Waals surface area contributed by atoms with Crippen molar-refractivity contribution in [2.45, 2.75) is 13.3 Å². The number of likely N-dealkylation sites (tertiary alicyclic amines) is 1. The second kappa shape index (κ2) is 5.08. The number of hydrogen-bond acceptors (Lipinski definition) is 3. The van der Waals surface area contributed by atoms with Gasteiger partial charge < -0.3 is 14.7 Å². The van der Waals surface area contributed by atoms with Crippen molar-refractivity contribution in [2.24, 2.45) is 0 Å². The number of rotatable bonds is 4. The zero-order valence-electron chi connectivity index (χ0n) is 10.2. The SMILES string of the molecule is Cc1ccc(OCC(=O)N2CCC2)c(C(=O)O)c1. The molecule has 0 bridgehead atoms. The second-order valence-corrected chi connectivity index (χ2v) is 4.33. The number of aromatic carboxylic acids is 1. The lowest BCUT2D eigenvalue weighted by Gasteiger charge is -2.30.